The molecule has 2 rings (SSSR count). The largest absolute Gasteiger partial charge is 0.494 e. The number of benzene rings is 1. The lowest BCUT2D eigenvalue weighted by atomic mass is 10.1. The third kappa shape index (κ3) is 3.78. The van der Waals surface area contributed by atoms with Gasteiger partial charge in [0.1, 0.15) is 11.5 Å². The molecule has 5 heteroatoms. The predicted octanol–water partition coefficient (Wildman–Crippen LogP) is 2.23. The van der Waals surface area contributed by atoms with E-state index in [-0.39, 0.29) is 5.91 Å². The van der Waals surface area contributed by atoms with E-state index in [2.05, 4.69) is 5.32 Å². The number of carbonyl (C=O) groups excluding carboxylic acids is 1. The second-order valence-corrected chi connectivity index (χ2v) is 4.31. The van der Waals surface area contributed by atoms with E-state index in [1.807, 2.05) is 19.1 Å². The van der Waals surface area contributed by atoms with Crippen molar-refractivity contribution in [3.05, 3.63) is 47.9 Å². The Hall–Kier alpha value is -2.43. The van der Waals surface area contributed by atoms with E-state index in [1.54, 1.807) is 24.5 Å². The average Bonchev–Trinajstić information content (AvgIpc) is 2.91. The summed E-state index contributed by atoms with van der Waals surface area (Å²) in [4.78, 5) is 12.0. The summed E-state index contributed by atoms with van der Waals surface area (Å²) in [5.41, 5.74) is 6.76. The third-order valence-corrected chi connectivity index (χ3v) is 2.74. The number of furan rings is 1. The molecule has 0 aliphatic heterocycles. The smallest absolute Gasteiger partial charge is 0.251 e. The van der Waals surface area contributed by atoms with Gasteiger partial charge in [-0.15, -0.1) is 0 Å². The number of nitrogen functional groups attached to an aromatic ring is 1. The number of nitrogens with two attached hydrogens (primary N) is 1. The molecule has 0 radical (unpaired) electrons. The van der Waals surface area contributed by atoms with Crippen LogP contribution in [0.3, 0.4) is 0 Å². The van der Waals surface area contributed by atoms with Crippen molar-refractivity contribution in [3.8, 4) is 5.75 Å². The van der Waals surface area contributed by atoms with Crippen molar-refractivity contribution in [1.82, 2.24) is 5.32 Å². The van der Waals surface area contributed by atoms with Gasteiger partial charge in [0, 0.05) is 30.3 Å². The Morgan fingerprint density at radius 2 is 2.25 bits per heavy atom. The highest BCUT2D eigenvalue weighted by molar-refractivity contribution is 5.95. The lowest BCUT2D eigenvalue weighted by Crippen LogP contribution is -2.25. The van der Waals surface area contributed by atoms with Crippen LogP contribution in [0.4, 0.5) is 5.69 Å². The van der Waals surface area contributed by atoms with Gasteiger partial charge in [-0.2, -0.15) is 0 Å². The molecule has 3 N–H and O–H groups in total. The number of hydrogen-bond acceptors (Lipinski definition) is 4. The monoisotopic (exact) mass is 274 g/mol. The van der Waals surface area contributed by atoms with Gasteiger partial charge in [0.05, 0.1) is 12.9 Å². The maximum Gasteiger partial charge on any atom is 0.251 e. The SMILES string of the molecule is CCOc1cc(N)cc(C(=O)NCCc2ccco2)c1. The molecule has 1 aromatic carbocycles. The second-order valence-electron chi connectivity index (χ2n) is 4.31. The number of rotatable bonds is 6. The van der Waals surface area contributed by atoms with Gasteiger partial charge in [-0.1, -0.05) is 0 Å². The van der Waals surface area contributed by atoms with Gasteiger partial charge in [-0.3, -0.25) is 4.79 Å². The van der Waals surface area contributed by atoms with E-state index in [1.165, 1.54) is 0 Å². The average molecular weight is 274 g/mol. The number of hydrogen-bond donors (Lipinski definition) is 2. The topological polar surface area (TPSA) is 77.5 Å². The van der Waals surface area contributed by atoms with Crippen LogP contribution < -0.4 is 15.8 Å². The minimum atomic E-state index is -0.176. The van der Waals surface area contributed by atoms with Crippen LogP contribution in [-0.4, -0.2) is 19.1 Å². The minimum Gasteiger partial charge on any atom is -0.494 e. The number of ether oxygens (including phenoxy) is 1. The normalized spacial score (nSPS) is 10.2. The Balaban J connectivity index is 1.94. The maximum absolute atomic E-state index is 12.0. The van der Waals surface area contributed by atoms with Gasteiger partial charge < -0.3 is 20.2 Å². The van der Waals surface area contributed by atoms with Crippen molar-refractivity contribution in [2.75, 3.05) is 18.9 Å². The molecule has 0 unspecified atom stereocenters. The molecule has 1 amide bonds. The summed E-state index contributed by atoms with van der Waals surface area (Å²) in [6.45, 7) is 2.92. The molecule has 0 bridgehead atoms. The summed E-state index contributed by atoms with van der Waals surface area (Å²) < 4.78 is 10.6. The van der Waals surface area contributed by atoms with Crippen LogP contribution in [0, 0.1) is 0 Å². The van der Waals surface area contributed by atoms with Gasteiger partial charge in [-0.25, -0.2) is 0 Å². The van der Waals surface area contributed by atoms with Crippen molar-refractivity contribution in [3.63, 3.8) is 0 Å². The fourth-order valence-electron chi connectivity index (χ4n) is 1.86. The molecule has 1 heterocycles. The summed E-state index contributed by atoms with van der Waals surface area (Å²) >= 11 is 0. The molecule has 0 fully saturated rings. The van der Waals surface area contributed by atoms with E-state index >= 15 is 0 Å². The first-order valence-corrected chi connectivity index (χ1v) is 6.53. The quantitative estimate of drug-likeness (QED) is 0.792. The van der Waals surface area contributed by atoms with Crippen LogP contribution in [0.5, 0.6) is 5.75 Å². The number of amides is 1. The van der Waals surface area contributed by atoms with Gasteiger partial charge >= 0.3 is 0 Å². The third-order valence-electron chi connectivity index (χ3n) is 2.74. The molecular formula is C15H18N2O3. The first kappa shape index (κ1) is 14.0. The van der Waals surface area contributed by atoms with Crippen molar-refractivity contribution >= 4 is 11.6 Å². The molecule has 106 valence electrons. The molecule has 0 spiro atoms. The Labute approximate surface area is 117 Å². The van der Waals surface area contributed by atoms with E-state index in [9.17, 15) is 4.79 Å². The Bertz CT molecular complexity index is 565. The zero-order valence-corrected chi connectivity index (χ0v) is 11.4. The summed E-state index contributed by atoms with van der Waals surface area (Å²) in [6.07, 6.45) is 2.27. The van der Waals surface area contributed by atoms with Gasteiger partial charge in [-0.05, 0) is 31.2 Å². The first-order valence-electron chi connectivity index (χ1n) is 6.53. The minimum absolute atomic E-state index is 0.176. The van der Waals surface area contributed by atoms with Crippen LogP contribution >= 0.6 is 0 Å². The fourth-order valence-corrected chi connectivity index (χ4v) is 1.86. The molecule has 0 saturated carbocycles. The highest BCUT2D eigenvalue weighted by Gasteiger charge is 2.08. The van der Waals surface area contributed by atoms with Crippen LogP contribution in [0.15, 0.2) is 41.0 Å². The molecule has 20 heavy (non-hydrogen) atoms. The zero-order valence-electron chi connectivity index (χ0n) is 11.4. The molecule has 1 aromatic heterocycles. The van der Waals surface area contributed by atoms with Crippen molar-refractivity contribution in [1.29, 1.82) is 0 Å². The zero-order chi connectivity index (χ0) is 14.4. The number of nitrogens with one attached hydrogen (secondary N) is 1. The van der Waals surface area contributed by atoms with E-state index in [0.717, 1.165) is 5.76 Å². The Kier molecular flexibility index (Phi) is 4.65. The van der Waals surface area contributed by atoms with Gasteiger partial charge in [0.2, 0.25) is 0 Å². The molecule has 0 aliphatic carbocycles. The highest BCUT2D eigenvalue weighted by Crippen LogP contribution is 2.18. The van der Waals surface area contributed by atoms with Gasteiger partial charge in [0.15, 0.2) is 0 Å². The van der Waals surface area contributed by atoms with Crippen molar-refractivity contribution < 1.29 is 13.9 Å². The second kappa shape index (κ2) is 6.65. The predicted molar refractivity (Wildman–Crippen MR) is 76.8 cm³/mol. The number of carbonyl (C=O) groups is 1. The van der Waals surface area contributed by atoms with Crippen molar-refractivity contribution in [2.24, 2.45) is 0 Å². The highest BCUT2D eigenvalue weighted by atomic mass is 16.5. The van der Waals surface area contributed by atoms with Crippen LogP contribution in [-0.2, 0) is 6.42 Å². The van der Waals surface area contributed by atoms with Crippen LogP contribution in [0.1, 0.15) is 23.0 Å². The molecule has 0 saturated heterocycles. The lowest BCUT2D eigenvalue weighted by Gasteiger charge is -2.08. The van der Waals surface area contributed by atoms with Gasteiger partial charge in [0.25, 0.3) is 5.91 Å². The molecule has 2 aromatic rings. The molecule has 0 atom stereocenters. The summed E-state index contributed by atoms with van der Waals surface area (Å²) in [5, 5.41) is 2.82. The lowest BCUT2D eigenvalue weighted by molar-refractivity contribution is 0.0953. The van der Waals surface area contributed by atoms with E-state index in [0.29, 0.717) is 36.6 Å². The van der Waals surface area contributed by atoms with Crippen LogP contribution in [0.25, 0.3) is 0 Å². The van der Waals surface area contributed by atoms with E-state index in [4.69, 9.17) is 14.9 Å². The van der Waals surface area contributed by atoms with Crippen LogP contribution in [0.2, 0.25) is 0 Å². The molecular weight excluding hydrogens is 256 g/mol. The molecule has 0 aliphatic rings. The van der Waals surface area contributed by atoms with E-state index < -0.39 is 0 Å². The first-order chi connectivity index (χ1) is 9.69. The fraction of sp³-hybridized carbons (Fsp3) is 0.267. The number of anilines is 1. The summed E-state index contributed by atoms with van der Waals surface area (Å²) in [5.74, 6) is 1.27. The standard InChI is InChI=1S/C15H18N2O3/c1-2-19-14-9-11(8-12(16)10-14)15(18)17-6-5-13-4-3-7-20-13/h3-4,7-10H,2,5-6,16H2,1H3,(H,17,18). The maximum atomic E-state index is 12.0. The Morgan fingerprint density at radius 3 is 2.95 bits per heavy atom. The van der Waals surface area contributed by atoms with Crippen molar-refractivity contribution in [2.45, 2.75) is 13.3 Å². The summed E-state index contributed by atoms with van der Waals surface area (Å²) in [6, 6.07) is 8.71. The summed E-state index contributed by atoms with van der Waals surface area (Å²) in [7, 11) is 0. The Morgan fingerprint density at radius 1 is 1.40 bits per heavy atom. The molecule has 5 nitrogen and oxygen atoms in total.